The number of carbonyl (C=O) groups is 1. The standard InChI is InChI=1S/C25H22N2O4/c1-3-30-23-14-13-18(16-24(23)29-2)15-19(17-26)25(28)27-21-11-7-8-12-22(21)31-20-9-5-4-6-10-20/h4-16H,3H2,1-2H3,(H,27,28)/b19-15+. The molecule has 0 atom stereocenters. The normalized spacial score (nSPS) is 10.7. The van der Waals surface area contributed by atoms with Crippen molar-refractivity contribution >= 4 is 17.7 Å². The van der Waals surface area contributed by atoms with E-state index in [1.54, 1.807) is 42.5 Å². The summed E-state index contributed by atoms with van der Waals surface area (Å²) in [4.78, 5) is 12.8. The Morgan fingerprint density at radius 2 is 1.74 bits per heavy atom. The summed E-state index contributed by atoms with van der Waals surface area (Å²) in [6.07, 6.45) is 1.49. The van der Waals surface area contributed by atoms with Gasteiger partial charge in [-0.3, -0.25) is 4.79 Å². The first-order valence-corrected chi connectivity index (χ1v) is 9.70. The molecule has 0 unspecified atom stereocenters. The van der Waals surface area contributed by atoms with Crippen LogP contribution in [0.3, 0.4) is 0 Å². The molecule has 0 aliphatic rings. The molecule has 3 aromatic rings. The van der Waals surface area contributed by atoms with Crippen molar-refractivity contribution in [3.8, 4) is 29.1 Å². The van der Waals surface area contributed by atoms with Gasteiger partial charge in [-0.25, -0.2) is 0 Å². The Morgan fingerprint density at radius 3 is 2.45 bits per heavy atom. The molecule has 0 aliphatic heterocycles. The number of ether oxygens (including phenoxy) is 3. The minimum atomic E-state index is -0.542. The van der Waals surface area contributed by atoms with E-state index < -0.39 is 5.91 Å². The van der Waals surface area contributed by atoms with E-state index in [2.05, 4.69) is 5.32 Å². The van der Waals surface area contributed by atoms with E-state index in [0.29, 0.717) is 40.9 Å². The first-order chi connectivity index (χ1) is 15.1. The van der Waals surface area contributed by atoms with E-state index in [-0.39, 0.29) is 5.57 Å². The highest BCUT2D eigenvalue weighted by Gasteiger charge is 2.14. The fourth-order valence-electron chi connectivity index (χ4n) is 2.83. The Bertz CT molecular complexity index is 1120. The Morgan fingerprint density at radius 1 is 1.00 bits per heavy atom. The molecule has 3 aromatic carbocycles. The highest BCUT2D eigenvalue weighted by Crippen LogP contribution is 2.31. The predicted molar refractivity (Wildman–Crippen MR) is 119 cm³/mol. The van der Waals surface area contributed by atoms with Crippen LogP contribution in [0.5, 0.6) is 23.0 Å². The van der Waals surface area contributed by atoms with Crippen molar-refractivity contribution in [2.45, 2.75) is 6.92 Å². The molecule has 31 heavy (non-hydrogen) atoms. The molecule has 0 heterocycles. The number of nitrogens with one attached hydrogen (secondary N) is 1. The largest absolute Gasteiger partial charge is 0.493 e. The van der Waals surface area contributed by atoms with Crippen molar-refractivity contribution in [3.63, 3.8) is 0 Å². The highest BCUT2D eigenvalue weighted by molar-refractivity contribution is 6.10. The smallest absolute Gasteiger partial charge is 0.266 e. The lowest BCUT2D eigenvalue weighted by Crippen LogP contribution is -2.14. The summed E-state index contributed by atoms with van der Waals surface area (Å²) in [7, 11) is 1.53. The molecule has 0 spiro atoms. The Balaban J connectivity index is 1.82. The number of anilines is 1. The van der Waals surface area contributed by atoms with Gasteiger partial charge in [-0.2, -0.15) is 5.26 Å². The molecule has 0 aromatic heterocycles. The van der Waals surface area contributed by atoms with Gasteiger partial charge in [0.1, 0.15) is 17.4 Å². The van der Waals surface area contributed by atoms with Crippen LogP contribution in [-0.2, 0) is 4.79 Å². The fraction of sp³-hybridized carbons (Fsp3) is 0.120. The summed E-state index contributed by atoms with van der Waals surface area (Å²) in [5, 5.41) is 12.3. The van der Waals surface area contributed by atoms with E-state index >= 15 is 0 Å². The van der Waals surface area contributed by atoms with Crippen LogP contribution < -0.4 is 19.5 Å². The van der Waals surface area contributed by atoms with E-state index in [1.165, 1.54) is 13.2 Å². The number of benzene rings is 3. The average Bonchev–Trinajstić information content (AvgIpc) is 2.80. The molecular weight excluding hydrogens is 392 g/mol. The van der Waals surface area contributed by atoms with Crippen molar-refractivity contribution in [1.82, 2.24) is 0 Å². The number of hydrogen-bond acceptors (Lipinski definition) is 5. The number of nitrogens with zero attached hydrogens (tertiary/aromatic N) is 1. The number of amides is 1. The van der Waals surface area contributed by atoms with Gasteiger partial charge in [-0.05, 0) is 55.0 Å². The molecule has 6 heteroatoms. The zero-order valence-corrected chi connectivity index (χ0v) is 17.3. The third-order valence-corrected chi connectivity index (χ3v) is 4.27. The van der Waals surface area contributed by atoms with Gasteiger partial charge in [0, 0.05) is 0 Å². The Kier molecular flexibility index (Phi) is 7.28. The van der Waals surface area contributed by atoms with Gasteiger partial charge in [0.25, 0.3) is 5.91 Å². The van der Waals surface area contributed by atoms with Crippen LogP contribution >= 0.6 is 0 Å². The maximum absolute atomic E-state index is 12.8. The molecule has 0 aliphatic carbocycles. The van der Waals surface area contributed by atoms with E-state index in [1.807, 2.05) is 43.3 Å². The predicted octanol–water partition coefficient (Wildman–Crippen LogP) is 5.43. The van der Waals surface area contributed by atoms with Gasteiger partial charge < -0.3 is 19.5 Å². The van der Waals surface area contributed by atoms with E-state index in [0.717, 1.165) is 0 Å². The lowest BCUT2D eigenvalue weighted by Gasteiger charge is -2.12. The molecule has 0 bridgehead atoms. The summed E-state index contributed by atoms with van der Waals surface area (Å²) in [5.41, 5.74) is 1.04. The van der Waals surface area contributed by atoms with Crippen LogP contribution in [0.1, 0.15) is 12.5 Å². The Hall–Kier alpha value is -4.24. The van der Waals surface area contributed by atoms with Crippen molar-refractivity contribution in [1.29, 1.82) is 5.26 Å². The average molecular weight is 414 g/mol. The van der Waals surface area contributed by atoms with E-state index in [9.17, 15) is 10.1 Å². The first kappa shape index (κ1) is 21.5. The zero-order chi connectivity index (χ0) is 22.1. The molecular formula is C25H22N2O4. The number of para-hydroxylation sites is 3. The van der Waals surface area contributed by atoms with Crippen LogP contribution in [0.2, 0.25) is 0 Å². The second-order valence-corrected chi connectivity index (χ2v) is 6.38. The van der Waals surface area contributed by atoms with Gasteiger partial charge >= 0.3 is 0 Å². The third kappa shape index (κ3) is 5.64. The maximum Gasteiger partial charge on any atom is 0.266 e. The van der Waals surface area contributed by atoms with Crippen molar-refractivity contribution in [2.24, 2.45) is 0 Å². The molecule has 156 valence electrons. The van der Waals surface area contributed by atoms with Crippen LogP contribution in [-0.4, -0.2) is 19.6 Å². The second kappa shape index (κ2) is 10.5. The SMILES string of the molecule is CCOc1ccc(/C=C(\C#N)C(=O)Nc2ccccc2Oc2ccccc2)cc1OC. The van der Waals surface area contributed by atoms with Crippen molar-refractivity contribution in [3.05, 3.63) is 83.9 Å². The van der Waals surface area contributed by atoms with Crippen LogP contribution in [0.15, 0.2) is 78.4 Å². The molecule has 0 saturated heterocycles. The molecule has 0 fully saturated rings. The summed E-state index contributed by atoms with van der Waals surface area (Å²) < 4.78 is 16.7. The minimum Gasteiger partial charge on any atom is -0.493 e. The monoisotopic (exact) mass is 414 g/mol. The first-order valence-electron chi connectivity index (χ1n) is 9.70. The lowest BCUT2D eigenvalue weighted by molar-refractivity contribution is -0.112. The lowest BCUT2D eigenvalue weighted by atomic mass is 10.1. The summed E-state index contributed by atoms with van der Waals surface area (Å²) in [6.45, 7) is 2.38. The molecule has 0 radical (unpaired) electrons. The number of rotatable bonds is 8. The van der Waals surface area contributed by atoms with Gasteiger partial charge in [0.05, 0.1) is 19.4 Å². The summed E-state index contributed by atoms with van der Waals surface area (Å²) in [6, 6.07) is 23.4. The van der Waals surface area contributed by atoms with Gasteiger partial charge in [0.15, 0.2) is 17.2 Å². The number of methoxy groups -OCH3 is 1. The topological polar surface area (TPSA) is 80.6 Å². The molecule has 1 N–H and O–H groups in total. The molecule has 6 nitrogen and oxygen atoms in total. The van der Waals surface area contributed by atoms with Crippen LogP contribution in [0, 0.1) is 11.3 Å². The van der Waals surface area contributed by atoms with Gasteiger partial charge in [0.2, 0.25) is 0 Å². The Labute approximate surface area is 181 Å². The molecule has 1 amide bonds. The minimum absolute atomic E-state index is 0.0549. The zero-order valence-electron chi connectivity index (χ0n) is 17.3. The van der Waals surface area contributed by atoms with Crippen molar-refractivity contribution < 1.29 is 19.0 Å². The summed E-state index contributed by atoms with van der Waals surface area (Å²) >= 11 is 0. The fourth-order valence-corrected chi connectivity index (χ4v) is 2.83. The third-order valence-electron chi connectivity index (χ3n) is 4.27. The van der Waals surface area contributed by atoms with Gasteiger partial charge in [-0.15, -0.1) is 0 Å². The quantitative estimate of drug-likeness (QED) is 0.393. The van der Waals surface area contributed by atoms with E-state index in [4.69, 9.17) is 14.2 Å². The van der Waals surface area contributed by atoms with Crippen molar-refractivity contribution in [2.75, 3.05) is 19.0 Å². The number of carbonyl (C=O) groups excluding carboxylic acids is 1. The van der Waals surface area contributed by atoms with Gasteiger partial charge in [-0.1, -0.05) is 36.4 Å². The molecule has 3 rings (SSSR count). The maximum atomic E-state index is 12.8. The number of nitriles is 1. The molecule has 0 saturated carbocycles. The van der Waals surface area contributed by atoms with Crippen LogP contribution in [0.25, 0.3) is 6.08 Å². The van der Waals surface area contributed by atoms with Crippen LogP contribution in [0.4, 0.5) is 5.69 Å². The highest BCUT2D eigenvalue weighted by atomic mass is 16.5. The number of hydrogen-bond donors (Lipinski definition) is 1. The second-order valence-electron chi connectivity index (χ2n) is 6.38. The summed E-state index contributed by atoms with van der Waals surface area (Å²) in [5.74, 6) is 1.69.